The van der Waals surface area contributed by atoms with Crippen LogP contribution in [0.1, 0.15) is 36.0 Å². The maximum atomic E-state index is 13.4. The van der Waals surface area contributed by atoms with Crippen molar-refractivity contribution >= 4 is 22.7 Å². The van der Waals surface area contributed by atoms with E-state index in [0.717, 1.165) is 25.0 Å². The van der Waals surface area contributed by atoms with E-state index in [9.17, 15) is 14.7 Å². The molecule has 0 saturated heterocycles. The highest BCUT2D eigenvalue weighted by atomic mass is 16.3. The van der Waals surface area contributed by atoms with Gasteiger partial charge in [-0.15, -0.1) is 0 Å². The summed E-state index contributed by atoms with van der Waals surface area (Å²) in [5, 5.41) is 11.5. The van der Waals surface area contributed by atoms with Gasteiger partial charge in [-0.3, -0.25) is 14.6 Å². The van der Waals surface area contributed by atoms with Crippen LogP contribution >= 0.6 is 0 Å². The van der Waals surface area contributed by atoms with Gasteiger partial charge < -0.3 is 19.3 Å². The topological polar surface area (TPSA) is 88.1 Å². The fraction of sp³-hybridized carbons (Fsp3) is 0.292. The number of carbonyl (C=O) groups excluding carboxylic acids is 2. The van der Waals surface area contributed by atoms with Gasteiger partial charge in [0, 0.05) is 17.8 Å². The van der Waals surface area contributed by atoms with E-state index in [4.69, 9.17) is 4.42 Å². The molecule has 1 aliphatic heterocycles. The second-order valence-corrected chi connectivity index (χ2v) is 7.63. The Kier molecular flexibility index (Phi) is 5.86. The normalized spacial score (nSPS) is 16.7. The van der Waals surface area contributed by atoms with E-state index in [1.165, 1.54) is 4.90 Å². The Morgan fingerprint density at radius 1 is 1.19 bits per heavy atom. The number of amides is 1. The van der Waals surface area contributed by atoms with Crippen LogP contribution in [0.25, 0.3) is 11.0 Å². The molecule has 0 saturated carbocycles. The molecule has 2 N–H and O–H groups in total. The Bertz CT molecular complexity index is 1100. The molecule has 0 unspecified atom stereocenters. The minimum absolute atomic E-state index is 0.0339. The highest BCUT2D eigenvalue weighted by molar-refractivity contribution is 6.15. The fourth-order valence-corrected chi connectivity index (χ4v) is 4.11. The lowest BCUT2D eigenvalue weighted by Gasteiger charge is -2.27. The predicted octanol–water partition coefficient (Wildman–Crippen LogP) is 2.33. The largest absolute Gasteiger partial charge is 0.503 e. The molecule has 7 nitrogen and oxygen atoms in total. The van der Waals surface area contributed by atoms with Crippen LogP contribution < -0.4 is 4.90 Å². The van der Waals surface area contributed by atoms with Crippen LogP contribution in [0.5, 0.6) is 0 Å². The van der Waals surface area contributed by atoms with Crippen molar-refractivity contribution < 1.29 is 24.0 Å². The van der Waals surface area contributed by atoms with E-state index < -0.39 is 23.5 Å². The van der Waals surface area contributed by atoms with E-state index in [1.807, 2.05) is 24.3 Å². The van der Waals surface area contributed by atoms with Crippen molar-refractivity contribution in [2.24, 2.45) is 0 Å². The van der Waals surface area contributed by atoms with Crippen LogP contribution in [0, 0.1) is 0 Å². The Hall–Kier alpha value is -3.45. The van der Waals surface area contributed by atoms with Crippen LogP contribution in [0.2, 0.25) is 0 Å². The summed E-state index contributed by atoms with van der Waals surface area (Å²) in [5.74, 6) is -1.46. The van der Waals surface area contributed by atoms with Gasteiger partial charge in [0.15, 0.2) is 11.5 Å². The number of fused-ring (bicyclic) bond motifs is 1. The monoisotopic (exact) mass is 420 g/mol. The number of ketones is 1. The van der Waals surface area contributed by atoms with Crippen LogP contribution in [0.15, 0.2) is 70.6 Å². The molecule has 31 heavy (non-hydrogen) atoms. The second-order valence-electron chi connectivity index (χ2n) is 7.63. The number of carbonyl (C=O) groups is 2. The molecule has 4 rings (SSSR count). The number of rotatable bonds is 8. The Morgan fingerprint density at radius 3 is 2.65 bits per heavy atom. The number of nitrogens with zero attached hydrogens (tertiary/aromatic N) is 2. The average Bonchev–Trinajstić information content (AvgIpc) is 3.34. The van der Waals surface area contributed by atoms with Gasteiger partial charge in [-0.25, -0.2) is 0 Å². The Labute approximate surface area is 180 Å². The van der Waals surface area contributed by atoms with Crippen LogP contribution in [-0.4, -0.2) is 52.9 Å². The number of aliphatic hydroxyl groups excluding tert-OH is 1. The van der Waals surface area contributed by atoms with Gasteiger partial charge >= 0.3 is 0 Å². The quantitative estimate of drug-likeness (QED) is 0.546. The highest BCUT2D eigenvalue weighted by Gasteiger charge is 2.44. The van der Waals surface area contributed by atoms with E-state index in [1.54, 1.807) is 35.5 Å². The van der Waals surface area contributed by atoms with Gasteiger partial charge in [-0.2, -0.15) is 0 Å². The molecule has 0 fully saturated rings. The SMILES string of the molecule is CC[NH+](CC)CCN1C(=O)C(O)=C(C(=O)c2cc3ccccc3o2)[C@H]1c1cccnc1. The van der Waals surface area contributed by atoms with Crippen molar-refractivity contribution in [3.8, 4) is 0 Å². The summed E-state index contributed by atoms with van der Waals surface area (Å²) in [6, 6.07) is 11.8. The Balaban J connectivity index is 1.73. The number of furan rings is 1. The maximum absolute atomic E-state index is 13.4. The number of aliphatic hydroxyl groups is 1. The summed E-state index contributed by atoms with van der Waals surface area (Å²) in [7, 11) is 0. The van der Waals surface area contributed by atoms with E-state index >= 15 is 0 Å². The molecule has 0 radical (unpaired) electrons. The highest BCUT2D eigenvalue weighted by Crippen LogP contribution is 2.39. The fourth-order valence-electron chi connectivity index (χ4n) is 4.11. The molecule has 160 valence electrons. The summed E-state index contributed by atoms with van der Waals surface area (Å²) < 4.78 is 5.73. The third-order valence-electron chi connectivity index (χ3n) is 5.90. The van der Waals surface area contributed by atoms with E-state index in [2.05, 4.69) is 18.8 Å². The molecule has 7 heteroatoms. The molecule has 1 amide bonds. The van der Waals surface area contributed by atoms with Gasteiger partial charge in [0.05, 0.1) is 37.8 Å². The summed E-state index contributed by atoms with van der Waals surface area (Å²) >= 11 is 0. The Morgan fingerprint density at radius 2 is 1.97 bits per heavy atom. The lowest BCUT2D eigenvalue weighted by molar-refractivity contribution is -0.895. The van der Waals surface area contributed by atoms with Crippen molar-refractivity contribution in [2.45, 2.75) is 19.9 Å². The summed E-state index contributed by atoms with van der Waals surface area (Å²) in [6.45, 7) is 7.18. The smallest absolute Gasteiger partial charge is 0.290 e. The zero-order valence-corrected chi connectivity index (χ0v) is 17.7. The van der Waals surface area contributed by atoms with Crippen LogP contribution in [-0.2, 0) is 4.79 Å². The van der Waals surface area contributed by atoms with Gasteiger partial charge in [0.1, 0.15) is 5.58 Å². The lowest BCUT2D eigenvalue weighted by Crippen LogP contribution is -3.12. The van der Waals surface area contributed by atoms with Gasteiger partial charge in [-0.1, -0.05) is 24.3 Å². The van der Waals surface area contributed by atoms with Crippen molar-refractivity contribution in [1.82, 2.24) is 9.88 Å². The first-order valence-corrected chi connectivity index (χ1v) is 10.6. The summed E-state index contributed by atoms with van der Waals surface area (Å²) in [6.07, 6.45) is 3.26. The van der Waals surface area contributed by atoms with Crippen molar-refractivity contribution in [3.63, 3.8) is 0 Å². The van der Waals surface area contributed by atoms with Crippen LogP contribution in [0.4, 0.5) is 0 Å². The standard InChI is InChI=1S/C24H25N3O4/c1-3-26(4-2)12-13-27-21(17-9-7-11-25-15-17)20(23(29)24(27)30)22(28)19-14-16-8-5-6-10-18(16)31-19/h5-11,14-15,21,29H,3-4,12-13H2,1-2H3/p+1/t21-/m1/s1. The number of quaternary nitrogens is 1. The summed E-state index contributed by atoms with van der Waals surface area (Å²) in [4.78, 5) is 33.5. The molecular weight excluding hydrogens is 394 g/mol. The molecule has 3 heterocycles. The molecule has 3 aromatic rings. The predicted molar refractivity (Wildman–Crippen MR) is 116 cm³/mol. The number of para-hydroxylation sites is 1. The number of Topliss-reactive ketones (excluding diaryl/α,β-unsaturated/α-hetero) is 1. The second kappa shape index (κ2) is 8.73. The number of hydrogen-bond donors (Lipinski definition) is 2. The zero-order valence-electron chi connectivity index (χ0n) is 17.7. The van der Waals surface area contributed by atoms with Gasteiger partial charge in [0.2, 0.25) is 5.78 Å². The van der Waals surface area contributed by atoms with E-state index in [0.29, 0.717) is 17.7 Å². The van der Waals surface area contributed by atoms with Crippen molar-refractivity contribution in [3.05, 3.63) is 77.5 Å². The number of likely N-dealkylation sites (N-methyl/N-ethyl adjacent to an activating group) is 1. The first-order valence-electron chi connectivity index (χ1n) is 10.6. The van der Waals surface area contributed by atoms with Crippen molar-refractivity contribution in [1.29, 1.82) is 0 Å². The summed E-state index contributed by atoms with van der Waals surface area (Å²) in [5.41, 5.74) is 1.29. The van der Waals surface area contributed by atoms with Crippen molar-refractivity contribution in [2.75, 3.05) is 26.2 Å². The minimum atomic E-state index is -0.711. The number of pyridine rings is 1. The lowest BCUT2D eigenvalue weighted by atomic mass is 9.96. The van der Waals surface area contributed by atoms with E-state index in [-0.39, 0.29) is 11.3 Å². The minimum Gasteiger partial charge on any atom is -0.503 e. The molecule has 2 aromatic heterocycles. The molecular formula is C24H26N3O4+. The molecule has 0 spiro atoms. The van der Waals surface area contributed by atoms with Gasteiger partial charge in [0.25, 0.3) is 5.91 Å². The third kappa shape index (κ3) is 3.84. The first-order chi connectivity index (χ1) is 15.0. The number of nitrogens with one attached hydrogen (secondary N) is 1. The number of hydrogen-bond acceptors (Lipinski definition) is 5. The van der Waals surface area contributed by atoms with Gasteiger partial charge in [-0.05, 0) is 37.6 Å². The zero-order chi connectivity index (χ0) is 22.0. The third-order valence-corrected chi connectivity index (χ3v) is 5.90. The number of aromatic nitrogens is 1. The van der Waals surface area contributed by atoms with Crippen LogP contribution in [0.3, 0.4) is 0 Å². The maximum Gasteiger partial charge on any atom is 0.290 e. The molecule has 1 aromatic carbocycles. The average molecular weight is 420 g/mol. The first kappa shape index (κ1) is 20.8. The number of benzene rings is 1. The molecule has 0 aliphatic carbocycles. The molecule has 1 atom stereocenters. The molecule has 0 bridgehead atoms. The molecule has 1 aliphatic rings.